The fourth-order valence-corrected chi connectivity index (χ4v) is 2.35. The van der Waals surface area contributed by atoms with Crippen molar-refractivity contribution in [2.75, 3.05) is 12.9 Å². The first-order valence-corrected chi connectivity index (χ1v) is 8.59. The highest BCUT2D eigenvalue weighted by molar-refractivity contribution is 7.98. The van der Waals surface area contributed by atoms with Crippen molar-refractivity contribution in [2.24, 2.45) is 0 Å². The molecule has 0 aromatic heterocycles. The van der Waals surface area contributed by atoms with Crippen LogP contribution in [0.4, 0.5) is 0 Å². The lowest BCUT2D eigenvalue weighted by Crippen LogP contribution is -2.22. The number of nitrogens with one attached hydrogen (secondary N) is 1. The molecule has 2 aromatic carbocycles. The van der Waals surface area contributed by atoms with Crippen molar-refractivity contribution in [3.05, 3.63) is 71.8 Å². The van der Waals surface area contributed by atoms with Crippen LogP contribution in [-0.2, 0) is 6.54 Å². The maximum atomic E-state index is 12.1. The molecule has 0 aliphatic carbocycles. The van der Waals surface area contributed by atoms with E-state index in [2.05, 4.69) is 24.0 Å². The second kappa shape index (κ2) is 8.44. The third-order valence-corrected chi connectivity index (χ3v) is 3.96. The summed E-state index contributed by atoms with van der Waals surface area (Å²) in [6.07, 6.45) is 2.04. The third kappa shape index (κ3) is 5.49. The summed E-state index contributed by atoms with van der Waals surface area (Å²) in [6.45, 7) is 6.70. The molecule has 0 atom stereocenters. The van der Waals surface area contributed by atoms with E-state index in [1.165, 1.54) is 4.90 Å². The summed E-state index contributed by atoms with van der Waals surface area (Å²) in [5.41, 5.74) is 2.66. The zero-order valence-corrected chi connectivity index (χ0v) is 14.3. The number of hydrogen-bond acceptors (Lipinski definition) is 3. The zero-order chi connectivity index (χ0) is 16.7. The maximum Gasteiger partial charge on any atom is 0.251 e. The lowest BCUT2D eigenvalue weighted by atomic mass is 10.2. The summed E-state index contributed by atoms with van der Waals surface area (Å²) in [5, 5.41) is 2.92. The first-order chi connectivity index (χ1) is 11.1. The van der Waals surface area contributed by atoms with Gasteiger partial charge in [0.2, 0.25) is 0 Å². The summed E-state index contributed by atoms with van der Waals surface area (Å²) >= 11 is 1.70. The van der Waals surface area contributed by atoms with E-state index in [0.717, 1.165) is 16.9 Å². The van der Waals surface area contributed by atoms with Crippen LogP contribution in [0.15, 0.2) is 65.6 Å². The molecule has 0 heterocycles. The topological polar surface area (TPSA) is 38.3 Å². The predicted octanol–water partition coefficient (Wildman–Crippen LogP) is 4.29. The van der Waals surface area contributed by atoms with Gasteiger partial charge in [-0.1, -0.05) is 18.7 Å². The van der Waals surface area contributed by atoms with Gasteiger partial charge in [0, 0.05) is 17.0 Å². The fraction of sp³-hybridized carbons (Fsp3) is 0.211. The Labute approximate surface area is 141 Å². The highest BCUT2D eigenvalue weighted by Gasteiger charge is 2.05. The van der Waals surface area contributed by atoms with E-state index in [-0.39, 0.29) is 5.91 Å². The lowest BCUT2D eigenvalue weighted by molar-refractivity contribution is 0.0951. The van der Waals surface area contributed by atoms with Gasteiger partial charge in [-0.05, 0) is 60.7 Å². The van der Waals surface area contributed by atoms with Gasteiger partial charge < -0.3 is 10.1 Å². The summed E-state index contributed by atoms with van der Waals surface area (Å²) in [7, 11) is 0. The first kappa shape index (κ1) is 17.2. The van der Waals surface area contributed by atoms with Crippen LogP contribution in [0.3, 0.4) is 0 Å². The molecule has 2 rings (SSSR count). The minimum atomic E-state index is -0.0922. The first-order valence-electron chi connectivity index (χ1n) is 7.37. The Morgan fingerprint density at radius 3 is 2.35 bits per heavy atom. The molecule has 0 radical (unpaired) electrons. The summed E-state index contributed by atoms with van der Waals surface area (Å²) < 4.78 is 5.52. The Kier molecular flexibility index (Phi) is 6.29. The molecule has 23 heavy (non-hydrogen) atoms. The van der Waals surface area contributed by atoms with Crippen LogP contribution >= 0.6 is 11.8 Å². The summed E-state index contributed by atoms with van der Waals surface area (Å²) in [4.78, 5) is 13.4. The largest absolute Gasteiger partial charge is 0.489 e. The van der Waals surface area contributed by atoms with E-state index in [1.807, 2.05) is 25.3 Å². The van der Waals surface area contributed by atoms with Crippen molar-refractivity contribution in [3.63, 3.8) is 0 Å². The predicted molar refractivity (Wildman–Crippen MR) is 96.1 cm³/mol. The minimum absolute atomic E-state index is 0.0922. The molecule has 2 aromatic rings. The molecule has 0 saturated carbocycles. The minimum Gasteiger partial charge on any atom is -0.489 e. The van der Waals surface area contributed by atoms with Crippen molar-refractivity contribution in [2.45, 2.75) is 18.4 Å². The molecule has 4 heteroatoms. The van der Waals surface area contributed by atoms with Crippen molar-refractivity contribution in [1.29, 1.82) is 0 Å². The molecule has 0 spiro atoms. The van der Waals surface area contributed by atoms with Crippen LogP contribution in [-0.4, -0.2) is 18.8 Å². The molecule has 0 saturated heterocycles. The van der Waals surface area contributed by atoms with Gasteiger partial charge in [0.05, 0.1) is 0 Å². The van der Waals surface area contributed by atoms with Crippen LogP contribution in [0.5, 0.6) is 5.75 Å². The average Bonchev–Trinajstić information content (AvgIpc) is 2.58. The Morgan fingerprint density at radius 2 is 1.78 bits per heavy atom. The van der Waals surface area contributed by atoms with Gasteiger partial charge in [0.1, 0.15) is 12.4 Å². The quantitative estimate of drug-likeness (QED) is 0.609. The van der Waals surface area contributed by atoms with Crippen LogP contribution in [0.2, 0.25) is 0 Å². The van der Waals surface area contributed by atoms with E-state index >= 15 is 0 Å². The normalized spacial score (nSPS) is 10.2. The Balaban J connectivity index is 1.88. The number of hydrogen-bond donors (Lipinski definition) is 1. The molecule has 0 unspecified atom stereocenters. The smallest absolute Gasteiger partial charge is 0.251 e. The van der Waals surface area contributed by atoms with Crippen LogP contribution in [0, 0.1) is 0 Å². The number of ether oxygens (including phenoxy) is 1. The van der Waals surface area contributed by atoms with Crippen molar-refractivity contribution in [1.82, 2.24) is 5.32 Å². The number of benzene rings is 2. The number of rotatable bonds is 7. The molecule has 1 amide bonds. The number of thioether (sulfide) groups is 1. The number of amides is 1. The van der Waals surface area contributed by atoms with Gasteiger partial charge in [-0.25, -0.2) is 0 Å². The van der Waals surface area contributed by atoms with E-state index in [4.69, 9.17) is 4.74 Å². The number of carbonyl (C=O) groups is 1. The molecular weight excluding hydrogens is 306 g/mol. The van der Waals surface area contributed by atoms with Crippen LogP contribution in [0.25, 0.3) is 0 Å². The van der Waals surface area contributed by atoms with E-state index in [0.29, 0.717) is 18.7 Å². The molecule has 0 aliphatic heterocycles. The number of carbonyl (C=O) groups excluding carboxylic acids is 1. The second-order valence-corrected chi connectivity index (χ2v) is 6.18. The highest BCUT2D eigenvalue weighted by atomic mass is 32.2. The van der Waals surface area contributed by atoms with Crippen molar-refractivity contribution < 1.29 is 9.53 Å². The molecule has 3 nitrogen and oxygen atoms in total. The van der Waals surface area contributed by atoms with Gasteiger partial charge in [-0.15, -0.1) is 11.8 Å². The molecular formula is C19H21NO2S. The van der Waals surface area contributed by atoms with Crippen LogP contribution in [0.1, 0.15) is 22.8 Å². The van der Waals surface area contributed by atoms with Crippen molar-refractivity contribution >= 4 is 17.7 Å². The van der Waals surface area contributed by atoms with Gasteiger partial charge >= 0.3 is 0 Å². The Hall–Kier alpha value is -2.20. The zero-order valence-electron chi connectivity index (χ0n) is 13.5. The molecule has 1 N–H and O–H groups in total. The van der Waals surface area contributed by atoms with E-state index in [9.17, 15) is 4.79 Å². The molecule has 0 aliphatic rings. The summed E-state index contributed by atoms with van der Waals surface area (Å²) in [6, 6.07) is 15.3. The molecule has 0 fully saturated rings. The van der Waals surface area contributed by atoms with Gasteiger partial charge in [-0.3, -0.25) is 4.79 Å². The third-order valence-electron chi connectivity index (χ3n) is 3.21. The average molecular weight is 327 g/mol. The molecule has 0 bridgehead atoms. The standard InChI is InChI=1S/C19H21NO2S/c1-14(2)13-22-17-8-6-16(7-9-17)19(21)20-12-15-4-10-18(23-3)11-5-15/h4-11H,1,12-13H2,2-3H3,(H,20,21). The lowest BCUT2D eigenvalue weighted by Gasteiger charge is -2.08. The van der Waals surface area contributed by atoms with E-state index < -0.39 is 0 Å². The maximum absolute atomic E-state index is 12.1. The fourth-order valence-electron chi connectivity index (χ4n) is 1.94. The Bertz CT molecular complexity index is 663. The van der Waals surface area contributed by atoms with Gasteiger partial charge in [0.25, 0.3) is 5.91 Å². The second-order valence-electron chi connectivity index (χ2n) is 5.30. The summed E-state index contributed by atoms with van der Waals surface area (Å²) in [5.74, 6) is 0.641. The Morgan fingerprint density at radius 1 is 1.13 bits per heavy atom. The van der Waals surface area contributed by atoms with Gasteiger partial charge in [0.15, 0.2) is 0 Å². The van der Waals surface area contributed by atoms with Crippen molar-refractivity contribution in [3.8, 4) is 5.75 Å². The van der Waals surface area contributed by atoms with E-state index in [1.54, 1.807) is 36.0 Å². The monoisotopic (exact) mass is 327 g/mol. The SMILES string of the molecule is C=C(C)COc1ccc(C(=O)NCc2ccc(SC)cc2)cc1. The highest BCUT2D eigenvalue weighted by Crippen LogP contribution is 2.15. The van der Waals surface area contributed by atoms with Gasteiger partial charge in [-0.2, -0.15) is 0 Å². The molecule has 120 valence electrons. The van der Waals surface area contributed by atoms with Crippen LogP contribution < -0.4 is 10.1 Å².